The Morgan fingerprint density at radius 2 is 2.00 bits per heavy atom. The number of hydrogen-bond donors (Lipinski definition) is 1. The number of hydrogen-bond acceptors (Lipinski definition) is 1. The number of halogens is 1. The van der Waals surface area contributed by atoms with Gasteiger partial charge in [0, 0.05) is 5.33 Å². The molecule has 1 aromatic carbocycles. The van der Waals surface area contributed by atoms with E-state index >= 15 is 0 Å². The molecular formula is C10H11BrO2. The summed E-state index contributed by atoms with van der Waals surface area (Å²) < 4.78 is 0. The average molecular weight is 243 g/mol. The first-order chi connectivity index (χ1) is 6.25. The van der Waals surface area contributed by atoms with Gasteiger partial charge in [-0.3, -0.25) is 4.79 Å². The van der Waals surface area contributed by atoms with Gasteiger partial charge >= 0.3 is 5.97 Å². The molecule has 1 N–H and O–H groups in total. The van der Waals surface area contributed by atoms with Crippen molar-refractivity contribution in [2.75, 3.05) is 5.33 Å². The Kier molecular flexibility index (Phi) is 3.96. The van der Waals surface area contributed by atoms with Gasteiger partial charge in [-0.1, -0.05) is 46.3 Å². The van der Waals surface area contributed by atoms with Gasteiger partial charge in [-0.25, -0.2) is 0 Å². The molecule has 2 nitrogen and oxygen atoms in total. The van der Waals surface area contributed by atoms with Crippen LogP contribution in [0.15, 0.2) is 30.3 Å². The number of aliphatic carboxylic acids is 1. The third kappa shape index (κ3) is 2.84. The van der Waals surface area contributed by atoms with Gasteiger partial charge in [0.05, 0.1) is 5.92 Å². The average Bonchev–Trinajstić information content (AvgIpc) is 2.15. The van der Waals surface area contributed by atoms with Crippen molar-refractivity contribution < 1.29 is 9.90 Å². The van der Waals surface area contributed by atoms with Crippen molar-refractivity contribution in [1.29, 1.82) is 0 Å². The summed E-state index contributed by atoms with van der Waals surface area (Å²) in [4.78, 5) is 10.9. The van der Waals surface area contributed by atoms with E-state index in [0.29, 0.717) is 11.8 Å². The molecule has 0 fully saturated rings. The van der Waals surface area contributed by atoms with Crippen LogP contribution in [0.1, 0.15) is 17.9 Å². The predicted molar refractivity (Wildman–Crippen MR) is 55.2 cm³/mol. The van der Waals surface area contributed by atoms with Crippen LogP contribution in [0.25, 0.3) is 0 Å². The molecule has 0 saturated carbocycles. The molecule has 0 unspecified atom stereocenters. The third-order valence-electron chi connectivity index (χ3n) is 1.90. The Balaban J connectivity index is 2.82. The van der Waals surface area contributed by atoms with Crippen molar-refractivity contribution in [1.82, 2.24) is 0 Å². The molecule has 0 spiro atoms. The van der Waals surface area contributed by atoms with Gasteiger partial charge in [0.25, 0.3) is 0 Å². The molecule has 1 atom stereocenters. The first-order valence-corrected chi connectivity index (χ1v) is 5.21. The van der Waals surface area contributed by atoms with Gasteiger partial charge in [-0.15, -0.1) is 0 Å². The maximum Gasteiger partial charge on any atom is 0.311 e. The fraction of sp³-hybridized carbons (Fsp3) is 0.300. The lowest BCUT2D eigenvalue weighted by atomic mass is 9.97. The number of carboxylic acids is 1. The standard InChI is InChI=1S/C10H11BrO2/c11-7-6-9(10(12)13)8-4-2-1-3-5-8/h1-5,9H,6-7H2,(H,12,13)/t9-/m1/s1. The van der Waals surface area contributed by atoms with Gasteiger partial charge in [0.2, 0.25) is 0 Å². The maximum absolute atomic E-state index is 10.9. The van der Waals surface area contributed by atoms with E-state index in [1.807, 2.05) is 30.3 Å². The molecule has 3 heteroatoms. The van der Waals surface area contributed by atoms with E-state index in [-0.39, 0.29) is 5.92 Å². The van der Waals surface area contributed by atoms with Crippen LogP contribution >= 0.6 is 15.9 Å². The summed E-state index contributed by atoms with van der Waals surface area (Å²) in [6.45, 7) is 0. The van der Waals surface area contributed by atoms with E-state index in [1.54, 1.807) is 0 Å². The second kappa shape index (κ2) is 5.02. The first kappa shape index (κ1) is 10.3. The third-order valence-corrected chi connectivity index (χ3v) is 2.36. The molecule has 70 valence electrons. The summed E-state index contributed by atoms with van der Waals surface area (Å²) >= 11 is 3.25. The van der Waals surface area contributed by atoms with Crippen LogP contribution in [0, 0.1) is 0 Å². The van der Waals surface area contributed by atoms with E-state index in [9.17, 15) is 4.79 Å². The molecule has 13 heavy (non-hydrogen) atoms. The highest BCUT2D eigenvalue weighted by Gasteiger charge is 2.17. The van der Waals surface area contributed by atoms with Crippen LogP contribution in [0.2, 0.25) is 0 Å². The monoisotopic (exact) mass is 242 g/mol. The maximum atomic E-state index is 10.9. The lowest BCUT2D eigenvalue weighted by molar-refractivity contribution is -0.138. The highest BCUT2D eigenvalue weighted by molar-refractivity contribution is 9.09. The Hall–Kier alpha value is -0.830. The summed E-state index contributed by atoms with van der Waals surface area (Å²) in [6, 6.07) is 9.30. The van der Waals surface area contributed by atoms with Crippen molar-refractivity contribution in [3.05, 3.63) is 35.9 Å². The van der Waals surface area contributed by atoms with Gasteiger partial charge in [0.1, 0.15) is 0 Å². The number of benzene rings is 1. The highest BCUT2D eigenvalue weighted by Crippen LogP contribution is 2.20. The second-order valence-corrected chi connectivity index (χ2v) is 3.57. The van der Waals surface area contributed by atoms with Crippen LogP contribution in [-0.2, 0) is 4.79 Å². The van der Waals surface area contributed by atoms with Crippen molar-refractivity contribution in [3.8, 4) is 0 Å². The zero-order valence-electron chi connectivity index (χ0n) is 7.11. The summed E-state index contributed by atoms with van der Waals surface area (Å²) in [7, 11) is 0. The quantitative estimate of drug-likeness (QED) is 0.825. The molecule has 0 radical (unpaired) electrons. The lowest BCUT2D eigenvalue weighted by Gasteiger charge is -2.10. The fourth-order valence-corrected chi connectivity index (χ4v) is 1.69. The molecular weight excluding hydrogens is 232 g/mol. The Morgan fingerprint density at radius 3 is 2.46 bits per heavy atom. The zero-order chi connectivity index (χ0) is 9.68. The number of carbonyl (C=O) groups is 1. The molecule has 0 aliphatic heterocycles. The second-order valence-electron chi connectivity index (χ2n) is 2.78. The van der Waals surface area contributed by atoms with Crippen molar-refractivity contribution >= 4 is 21.9 Å². The van der Waals surface area contributed by atoms with Gasteiger partial charge < -0.3 is 5.11 Å². The minimum atomic E-state index is -0.759. The number of rotatable bonds is 4. The van der Waals surface area contributed by atoms with E-state index < -0.39 is 5.97 Å². The minimum absolute atomic E-state index is 0.388. The molecule has 0 heterocycles. The molecule has 0 amide bonds. The predicted octanol–water partition coefficient (Wildman–Crippen LogP) is 2.64. The normalized spacial score (nSPS) is 12.4. The van der Waals surface area contributed by atoms with E-state index in [0.717, 1.165) is 5.56 Å². The Bertz CT molecular complexity index is 272. The molecule has 1 rings (SSSR count). The summed E-state index contributed by atoms with van der Waals surface area (Å²) in [5.41, 5.74) is 0.870. The van der Waals surface area contributed by atoms with Crippen molar-refractivity contribution in [3.63, 3.8) is 0 Å². The molecule has 0 bridgehead atoms. The Morgan fingerprint density at radius 1 is 1.38 bits per heavy atom. The minimum Gasteiger partial charge on any atom is -0.481 e. The van der Waals surface area contributed by atoms with Crippen molar-refractivity contribution in [2.24, 2.45) is 0 Å². The SMILES string of the molecule is O=C(O)[C@H](CCBr)c1ccccc1. The number of carboxylic acid groups (broad SMARTS) is 1. The molecule has 0 aliphatic carbocycles. The molecule has 0 aliphatic rings. The van der Waals surface area contributed by atoms with Gasteiger partial charge in [-0.05, 0) is 12.0 Å². The van der Waals surface area contributed by atoms with Crippen LogP contribution in [0.3, 0.4) is 0 Å². The van der Waals surface area contributed by atoms with Gasteiger partial charge in [0.15, 0.2) is 0 Å². The van der Waals surface area contributed by atoms with Crippen LogP contribution in [0.4, 0.5) is 0 Å². The molecule has 0 saturated heterocycles. The topological polar surface area (TPSA) is 37.3 Å². The number of alkyl halides is 1. The van der Waals surface area contributed by atoms with E-state index in [2.05, 4.69) is 15.9 Å². The summed E-state index contributed by atoms with van der Waals surface area (Å²) in [5, 5.41) is 9.64. The molecule has 0 aromatic heterocycles. The Labute approximate surface area is 85.7 Å². The van der Waals surface area contributed by atoms with Crippen LogP contribution in [0.5, 0.6) is 0 Å². The summed E-state index contributed by atoms with van der Waals surface area (Å²) in [5.74, 6) is -1.15. The van der Waals surface area contributed by atoms with E-state index in [1.165, 1.54) is 0 Å². The van der Waals surface area contributed by atoms with Gasteiger partial charge in [-0.2, -0.15) is 0 Å². The highest BCUT2D eigenvalue weighted by atomic mass is 79.9. The molecule has 1 aromatic rings. The van der Waals surface area contributed by atoms with Crippen LogP contribution in [-0.4, -0.2) is 16.4 Å². The largest absolute Gasteiger partial charge is 0.481 e. The fourth-order valence-electron chi connectivity index (χ4n) is 1.23. The van der Waals surface area contributed by atoms with E-state index in [4.69, 9.17) is 5.11 Å². The smallest absolute Gasteiger partial charge is 0.311 e. The summed E-state index contributed by atoms with van der Waals surface area (Å²) in [6.07, 6.45) is 0.624. The van der Waals surface area contributed by atoms with Crippen molar-refractivity contribution in [2.45, 2.75) is 12.3 Å². The zero-order valence-corrected chi connectivity index (χ0v) is 8.70. The first-order valence-electron chi connectivity index (χ1n) is 4.09. The lowest BCUT2D eigenvalue weighted by Crippen LogP contribution is -2.11. The van der Waals surface area contributed by atoms with Crippen LogP contribution < -0.4 is 0 Å².